The van der Waals surface area contributed by atoms with Gasteiger partial charge >= 0.3 is 0 Å². The molecule has 0 heterocycles. The van der Waals surface area contributed by atoms with Gasteiger partial charge in [-0.3, -0.25) is 4.79 Å². The predicted octanol–water partition coefficient (Wildman–Crippen LogP) is 2.74. The van der Waals surface area contributed by atoms with Crippen LogP contribution in [0.4, 0.5) is 5.69 Å². The van der Waals surface area contributed by atoms with E-state index in [9.17, 15) is 4.79 Å². The van der Waals surface area contributed by atoms with Crippen molar-refractivity contribution in [2.45, 2.75) is 26.2 Å². The van der Waals surface area contributed by atoms with Gasteiger partial charge in [0.15, 0.2) is 0 Å². The smallest absolute Gasteiger partial charge is 0.227 e. The van der Waals surface area contributed by atoms with Gasteiger partial charge in [-0.1, -0.05) is 12.5 Å². The molecule has 3 nitrogen and oxygen atoms in total. The third-order valence-electron chi connectivity index (χ3n) is 3.09. The minimum absolute atomic E-state index is 0.121. The average Bonchev–Trinajstić information content (AvgIpc) is 2.15. The van der Waals surface area contributed by atoms with Crippen molar-refractivity contribution < 1.29 is 9.53 Å². The van der Waals surface area contributed by atoms with E-state index in [0.717, 1.165) is 29.8 Å². The highest BCUT2D eigenvalue weighted by atomic mass is 16.5. The van der Waals surface area contributed by atoms with E-state index in [4.69, 9.17) is 4.74 Å². The lowest BCUT2D eigenvalue weighted by molar-refractivity contribution is -0.122. The van der Waals surface area contributed by atoms with Gasteiger partial charge in [-0.15, -0.1) is 0 Å². The van der Waals surface area contributed by atoms with Crippen molar-refractivity contribution in [1.82, 2.24) is 0 Å². The largest absolute Gasteiger partial charge is 0.495 e. The highest BCUT2D eigenvalue weighted by molar-refractivity contribution is 5.94. The number of carbonyl (C=O) groups excluding carboxylic acids is 1. The molecule has 0 saturated heterocycles. The van der Waals surface area contributed by atoms with Crippen LogP contribution in [-0.2, 0) is 4.79 Å². The Morgan fingerprint density at radius 2 is 2.19 bits per heavy atom. The fourth-order valence-corrected chi connectivity index (χ4v) is 1.82. The van der Waals surface area contributed by atoms with E-state index in [1.165, 1.54) is 6.42 Å². The summed E-state index contributed by atoms with van der Waals surface area (Å²) in [4.78, 5) is 11.8. The Morgan fingerprint density at radius 3 is 2.75 bits per heavy atom. The van der Waals surface area contributed by atoms with Gasteiger partial charge in [-0.05, 0) is 37.5 Å². The lowest BCUT2D eigenvalue weighted by atomic mass is 9.85. The van der Waals surface area contributed by atoms with Crippen molar-refractivity contribution in [1.29, 1.82) is 0 Å². The summed E-state index contributed by atoms with van der Waals surface area (Å²) in [5, 5.41) is 2.94. The Hall–Kier alpha value is -1.51. The fraction of sp³-hybridized carbons (Fsp3) is 0.462. The molecule has 1 fully saturated rings. The number of nitrogens with one attached hydrogen (secondary N) is 1. The molecule has 1 N–H and O–H groups in total. The van der Waals surface area contributed by atoms with Gasteiger partial charge in [0.1, 0.15) is 5.75 Å². The first-order valence-corrected chi connectivity index (χ1v) is 5.66. The Balaban J connectivity index is 2.12. The average molecular weight is 219 g/mol. The van der Waals surface area contributed by atoms with Gasteiger partial charge in [-0.25, -0.2) is 0 Å². The number of aryl methyl sites for hydroxylation is 1. The standard InChI is InChI=1S/C13H17NO2/c1-9-6-7-12(16-2)11(8-9)14-13(15)10-4-3-5-10/h6-8,10H,3-5H2,1-2H3,(H,14,15). The zero-order chi connectivity index (χ0) is 11.5. The van der Waals surface area contributed by atoms with Crippen molar-refractivity contribution in [2.75, 3.05) is 12.4 Å². The number of hydrogen-bond acceptors (Lipinski definition) is 2. The van der Waals surface area contributed by atoms with E-state index in [0.29, 0.717) is 0 Å². The second-order valence-electron chi connectivity index (χ2n) is 4.32. The maximum Gasteiger partial charge on any atom is 0.227 e. The van der Waals surface area contributed by atoms with Gasteiger partial charge in [0.2, 0.25) is 5.91 Å². The molecule has 0 aromatic heterocycles. The summed E-state index contributed by atoms with van der Waals surface area (Å²) < 4.78 is 5.22. The van der Waals surface area contributed by atoms with Crippen LogP contribution in [0.1, 0.15) is 24.8 Å². The van der Waals surface area contributed by atoms with Crippen LogP contribution in [0.25, 0.3) is 0 Å². The Labute approximate surface area is 95.8 Å². The first-order valence-electron chi connectivity index (χ1n) is 5.66. The number of anilines is 1. The second kappa shape index (κ2) is 4.56. The van der Waals surface area contributed by atoms with Crippen LogP contribution in [0.5, 0.6) is 5.75 Å². The molecule has 0 atom stereocenters. The lowest BCUT2D eigenvalue weighted by Gasteiger charge is -2.24. The Morgan fingerprint density at radius 1 is 1.44 bits per heavy atom. The maximum atomic E-state index is 11.8. The summed E-state index contributed by atoms with van der Waals surface area (Å²) in [6.07, 6.45) is 3.20. The number of carbonyl (C=O) groups is 1. The van der Waals surface area contributed by atoms with E-state index in [2.05, 4.69) is 5.32 Å². The molecule has 0 aliphatic heterocycles. The van der Waals surface area contributed by atoms with Crippen molar-refractivity contribution in [3.8, 4) is 5.75 Å². The van der Waals surface area contributed by atoms with E-state index < -0.39 is 0 Å². The fourth-order valence-electron chi connectivity index (χ4n) is 1.82. The van der Waals surface area contributed by atoms with Gasteiger partial charge in [-0.2, -0.15) is 0 Å². The number of methoxy groups -OCH3 is 1. The summed E-state index contributed by atoms with van der Waals surface area (Å²) in [6, 6.07) is 5.79. The van der Waals surface area contributed by atoms with Crippen LogP contribution in [0.15, 0.2) is 18.2 Å². The van der Waals surface area contributed by atoms with Gasteiger partial charge in [0.05, 0.1) is 12.8 Å². The number of ether oxygens (including phenoxy) is 1. The SMILES string of the molecule is COc1ccc(C)cc1NC(=O)C1CCC1. The third kappa shape index (κ3) is 2.18. The van der Waals surface area contributed by atoms with Crippen molar-refractivity contribution in [3.05, 3.63) is 23.8 Å². The molecule has 1 aliphatic rings. The molecule has 1 aliphatic carbocycles. The zero-order valence-corrected chi connectivity index (χ0v) is 9.75. The minimum atomic E-state index is 0.121. The first-order chi connectivity index (χ1) is 7.70. The van der Waals surface area contributed by atoms with Crippen LogP contribution in [0.2, 0.25) is 0 Å². The van der Waals surface area contributed by atoms with E-state index in [1.54, 1.807) is 7.11 Å². The predicted molar refractivity (Wildman–Crippen MR) is 63.7 cm³/mol. The Kier molecular flexibility index (Phi) is 3.13. The van der Waals surface area contributed by atoms with Crippen LogP contribution < -0.4 is 10.1 Å². The van der Waals surface area contributed by atoms with Gasteiger partial charge < -0.3 is 10.1 Å². The molecular formula is C13H17NO2. The van der Waals surface area contributed by atoms with Crippen LogP contribution in [0, 0.1) is 12.8 Å². The first kappa shape index (κ1) is 11.0. The number of hydrogen-bond donors (Lipinski definition) is 1. The minimum Gasteiger partial charge on any atom is -0.495 e. The Bertz CT molecular complexity index is 397. The second-order valence-corrected chi connectivity index (χ2v) is 4.32. The summed E-state index contributed by atoms with van der Waals surface area (Å²) in [6.45, 7) is 2.00. The molecule has 1 aromatic carbocycles. The number of benzene rings is 1. The van der Waals surface area contributed by atoms with Crippen molar-refractivity contribution in [3.63, 3.8) is 0 Å². The highest BCUT2D eigenvalue weighted by Gasteiger charge is 2.25. The zero-order valence-electron chi connectivity index (χ0n) is 9.75. The molecule has 3 heteroatoms. The molecule has 0 unspecified atom stereocenters. The molecule has 1 aromatic rings. The third-order valence-corrected chi connectivity index (χ3v) is 3.09. The molecular weight excluding hydrogens is 202 g/mol. The van der Waals surface area contributed by atoms with Crippen molar-refractivity contribution in [2.24, 2.45) is 5.92 Å². The quantitative estimate of drug-likeness (QED) is 0.848. The van der Waals surface area contributed by atoms with E-state index in [1.807, 2.05) is 25.1 Å². The molecule has 0 radical (unpaired) electrons. The summed E-state index contributed by atoms with van der Waals surface area (Å²) >= 11 is 0. The van der Waals surface area contributed by atoms with Crippen LogP contribution >= 0.6 is 0 Å². The van der Waals surface area contributed by atoms with Gasteiger partial charge in [0, 0.05) is 5.92 Å². The molecule has 1 saturated carbocycles. The monoisotopic (exact) mass is 219 g/mol. The topological polar surface area (TPSA) is 38.3 Å². The van der Waals surface area contributed by atoms with E-state index in [-0.39, 0.29) is 11.8 Å². The molecule has 1 amide bonds. The summed E-state index contributed by atoms with van der Waals surface area (Å²) in [5.74, 6) is 1.04. The highest BCUT2D eigenvalue weighted by Crippen LogP contribution is 2.30. The van der Waals surface area contributed by atoms with Crippen molar-refractivity contribution >= 4 is 11.6 Å². The molecule has 86 valence electrons. The number of rotatable bonds is 3. The normalized spacial score (nSPS) is 15.4. The lowest BCUT2D eigenvalue weighted by Crippen LogP contribution is -2.28. The summed E-state index contributed by atoms with van der Waals surface area (Å²) in [5.41, 5.74) is 1.89. The molecule has 16 heavy (non-hydrogen) atoms. The molecule has 0 bridgehead atoms. The van der Waals surface area contributed by atoms with Crippen LogP contribution in [0.3, 0.4) is 0 Å². The summed E-state index contributed by atoms with van der Waals surface area (Å²) in [7, 11) is 1.61. The van der Waals surface area contributed by atoms with Gasteiger partial charge in [0.25, 0.3) is 0 Å². The van der Waals surface area contributed by atoms with E-state index >= 15 is 0 Å². The molecule has 2 rings (SSSR count). The van der Waals surface area contributed by atoms with Crippen LogP contribution in [-0.4, -0.2) is 13.0 Å². The maximum absolute atomic E-state index is 11.8. The molecule has 0 spiro atoms. The number of amides is 1.